The highest BCUT2D eigenvalue weighted by atomic mass is 79.9. The lowest BCUT2D eigenvalue weighted by atomic mass is 9.99. The molecule has 0 saturated heterocycles. The normalized spacial score (nSPS) is 12.4. The van der Waals surface area contributed by atoms with E-state index >= 15 is 0 Å². The van der Waals surface area contributed by atoms with E-state index in [4.69, 9.17) is 17.4 Å². The summed E-state index contributed by atoms with van der Waals surface area (Å²) in [7, 11) is 0. The van der Waals surface area contributed by atoms with E-state index in [0.717, 1.165) is 16.5 Å². The van der Waals surface area contributed by atoms with Gasteiger partial charge in [0.15, 0.2) is 0 Å². The van der Waals surface area contributed by atoms with Gasteiger partial charge in [0.2, 0.25) is 0 Å². The first kappa shape index (κ1) is 14.5. The van der Waals surface area contributed by atoms with Gasteiger partial charge in [0.1, 0.15) is 0 Å². The quantitative estimate of drug-likeness (QED) is 0.648. The van der Waals surface area contributed by atoms with Gasteiger partial charge in [0, 0.05) is 9.50 Å². The Bertz CT molecular complexity index is 555. The zero-order chi connectivity index (χ0) is 13.8. The van der Waals surface area contributed by atoms with E-state index in [9.17, 15) is 0 Å². The average Bonchev–Trinajstić information content (AvgIpc) is 2.41. The lowest BCUT2D eigenvalue weighted by molar-refractivity contribution is 0.550. The van der Waals surface area contributed by atoms with Gasteiger partial charge in [-0.3, -0.25) is 11.3 Å². The maximum absolute atomic E-state index is 6.05. The van der Waals surface area contributed by atoms with Crippen LogP contribution in [0.1, 0.15) is 22.7 Å². The number of nitrogens with two attached hydrogens (primary N) is 1. The van der Waals surface area contributed by atoms with E-state index in [2.05, 4.69) is 52.5 Å². The molecule has 2 nitrogen and oxygen atoms in total. The van der Waals surface area contributed by atoms with Gasteiger partial charge in [0.25, 0.3) is 0 Å². The Morgan fingerprint density at radius 3 is 2.53 bits per heavy atom. The number of aryl methyl sites for hydroxylation is 1. The van der Waals surface area contributed by atoms with Crippen molar-refractivity contribution in [3.63, 3.8) is 0 Å². The first-order valence-corrected chi connectivity index (χ1v) is 7.24. The number of hydrazine groups is 1. The van der Waals surface area contributed by atoms with Crippen LogP contribution in [0.3, 0.4) is 0 Å². The molecule has 2 rings (SSSR count). The molecule has 0 aliphatic carbocycles. The number of benzene rings is 2. The molecular formula is C15H16BrClN2. The summed E-state index contributed by atoms with van der Waals surface area (Å²) in [6.07, 6.45) is 0.815. The van der Waals surface area contributed by atoms with Crippen LogP contribution in [0.4, 0.5) is 0 Å². The van der Waals surface area contributed by atoms with Crippen molar-refractivity contribution < 1.29 is 0 Å². The number of rotatable bonds is 4. The van der Waals surface area contributed by atoms with Crippen molar-refractivity contribution in [1.82, 2.24) is 5.43 Å². The molecule has 0 amide bonds. The molecular weight excluding hydrogens is 324 g/mol. The van der Waals surface area contributed by atoms with Gasteiger partial charge in [-0.05, 0) is 42.7 Å². The number of halogens is 2. The predicted molar refractivity (Wildman–Crippen MR) is 84.1 cm³/mol. The molecule has 0 aromatic heterocycles. The minimum absolute atomic E-state index is 0.0239. The van der Waals surface area contributed by atoms with Crippen molar-refractivity contribution in [3.8, 4) is 0 Å². The molecule has 0 radical (unpaired) electrons. The van der Waals surface area contributed by atoms with Crippen LogP contribution in [0.5, 0.6) is 0 Å². The van der Waals surface area contributed by atoms with Gasteiger partial charge >= 0.3 is 0 Å². The molecule has 4 heteroatoms. The van der Waals surface area contributed by atoms with Gasteiger partial charge < -0.3 is 0 Å². The van der Waals surface area contributed by atoms with E-state index in [1.54, 1.807) is 0 Å². The Labute approximate surface area is 127 Å². The van der Waals surface area contributed by atoms with E-state index in [1.807, 2.05) is 18.2 Å². The smallest absolute Gasteiger partial charge is 0.0511 e. The highest BCUT2D eigenvalue weighted by Crippen LogP contribution is 2.28. The van der Waals surface area contributed by atoms with Crippen molar-refractivity contribution in [2.24, 2.45) is 5.84 Å². The first-order chi connectivity index (χ1) is 9.10. The summed E-state index contributed by atoms with van der Waals surface area (Å²) < 4.78 is 1.01. The molecule has 100 valence electrons. The van der Waals surface area contributed by atoms with Crippen molar-refractivity contribution in [3.05, 3.63) is 68.7 Å². The van der Waals surface area contributed by atoms with E-state index in [0.29, 0.717) is 5.02 Å². The zero-order valence-electron chi connectivity index (χ0n) is 10.7. The molecule has 0 heterocycles. The summed E-state index contributed by atoms with van der Waals surface area (Å²) in [6.45, 7) is 2.08. The fraction of sp³-hybridized carbons (Fsp3) is 0.200. The van der Waals surface area contributed by atoms with Crippen LogP contribution in [0.25, 0.3) is 0 Å². The Hall–Kier alpha value is -0.870. The highest BCUT2D eigenvalue weighted by molar-refractivity contribution is 9.10. The van der Waals surface area contributed by atoms with Crippen molar-refractivity contribution in [2.45, 2.75) is 19.4 Å². The summed E-state index contributed by atoms with van der Waals surface area (Å²) in [4.78, 5) is 0. The van der Waals surface area contributed by atoms with Crippen LogP contribution in [0.15, 0.2) is 46.9 Å². The van der Waals surface area contributed by atoms with Crippen LogP contribution in [-0.4, -0.2) is 0 Å². The Balaban J connectivity index is 2.24. The number of hydrogen-bond acceptors (Lipinski definition) is 2. The summed E-state index contributed by atoms with van der Waals surface area (Å²) >= 11 is 9.59. The van der Waals surface area contributed by atoms with E-state index < -0.39 is 0 Å². The van der Waals surface area contributed by atoms with E-state index in [1.165, 1.54) is 11.1 Å². The molecule has 1 atom stereocenters. The SMILES string of the molecule is Cc1ccc(CC(NN)c2cc(Cl)ccc2Br)cc1. The Kier molecular flexibility index (Phi) is 4.99. The maximum atomic E-state index is 6.05. The van der Waals surface area contributed by atoms with Crippen LogP contribution in [-0.2, 0) is 6.42 Å². The maximum Gasteiger partial charge on any atom is 0.0511 e. The van der Waals surface area contributed by atoms with Gasteiger partial charge in [-0.25, -0.2) is 0 Å². The lowest BCUT2D eigenvalue weighted by Gasteiger charge is -2.18. The zero-order valence-corrected chi connectivity index (χ0v) is 13.0. The number of hydrogen-bond donors (Lipinski definition) is 2. The van der Waals surface area contributed by atoms with Crippen LogP contribution >= 0.6 is 27.5 Å². The monoisotopic (exact) mass is 338 g/mol. The van der Waals surface area contributed by atoms with Crippen molar-refractivity contribution in [2.75, 3.05) is 0 Å². The molecule has 0 fully saturated rings. The molecule has 0 aliphatic heterocycles. The van der Waals surface area contributed by atoms with Crippen LogP contribution < -0.4 is 11.3 Å². The predicted octanol–water partition coefficient (Wildman–Crippen LogP) is 4.16. The second-order valence-electron chi connectivity index (χ2n) is 4.57. The molecule has 0 saturated carbocycles. The number of nitrogens with one attached hydrogen (secondary N) is 1. The lowest BCUT2D eigenvalue weighted by Crippen LogP contribution is -2.29. The summed E-state index contributed by atoms with van der Waals surface area (Å²) in [5.41, 5.74) is 6.42. The van der Waals surface area contributed by atoms with Gasteiger partial charge in [-0.15, -0.1) is 0 Å². The van der Waals surface area contributed by atoms with Crippen molar-refractivity contribution >= 4 is 27.5 Å². The average molecular weight is 340 g/mol. The minimum atomic E-state index is 0.0239. The third kappa shape index (κ3) is 3.80. The highest BCUT2D eigenvalue weighted by Gasteiger charge is 2.14. The van der Waals surface area contributed by atoms with Crippen LogP contribution in [0, 0.1) is 6.92 Å². The van der Waals surface area contributed by atoms with Crippen molar-refractivity contribution in [1.29, 1.82) is 0 Å². The molecule has 3 N–H and O–H groups in total. The minimum Gasteiger partial charge on any atom is -0.271 e. The topological polar surface area (TPSA) is 38.0 Å². The molecule has 19 heavy (non-hydrogen) atoms. The molecule has 0 aliphatic rings. The molecule has 0 bridgehead atoms. The largest absolute Gasteiger partial charge is 0.271 e. The summed E-state index contributed by atoms with van der Waals surface area (Å²) in [5.74, 6) is 5.69. The summed E-state index contributed by atoms with van der Waals surface area (Å²) in [6, 6.07) is 14.2. The molecule has 0 spiro atoms. The Morgan fingerprint density at radius 1 is 1.21 bits per heavy atom. The molecule has 2 aromatic rings. The van der Waals surface area contributed by atoms with Gasteiger partial charge in [0.05, 0.1) is 6.04 Å². The second-order valence-corrected chi connectivity index (χ2v) is 5.87. The second kappa shape index (κ2) is 6.53. The fourth-order valence-corrected chi connectivity index (χ4v) is 2.70. The molecule has 2 aromatic carbocycles. The van der Waals surface area contributed by atoms with E-state index in [-0.39, 0.29) is 6.04 Å². The summed E-state index contributed by atoms with van der Waals surface area (Å²) in [5, 5.41) is 0.711. The van der Waals surface area contributed by atoms with Gasteiger partial charge in [-0.2, -0.15) is 0 Å². The third-order valence-electron chi connectivity index (χ3n) is 3.10. The standard InChI is InChI=1S/C15H16BrClN2/c1-10-2-4-11(5-3-10)8-15(19-18)13-9-12(17)6-7-14(13)16/h2-7,9,15,19H,8,18H2,1H3. The fourth-order valence-electron chi connectivity index (χ4n) is 2.00. The molecule has 1 unspecified atom stereocenters. The van der Waals surface area contributed by atoms with Gasteiger partial charge in [-0.1, -0.05) is 57.4 Å². The first-order valence-electron chi connectivity index (χ1n) is 6.07. The van der Waals surface area contributed by atoms with Crippen LogP contribution in [0.2, 0.25) is 5.02 Å². The Morgan fingerprint density at radius 2 is 1.89 bits per heavy atom. The third-order valence-corrected chi connectivity index (χ3v) is 4.05.